The van der Waals surface area contributed by atoms with Gasteiger partial charge in [-0.3, -0.25) is 4.79 Å². The molecular weight excluding hydrogens is 500 g/mol. The van der Waals surface area contributed by atoms with Crippen LogP contribution in [-0.2, 0) is 14.3 Å². The molecule has 0 aromatic heterocycles. The molecule has 8 nitrogen and oxygen atoms in total. The van der Waals surface area contributed by atoms with Crippen LogP contribution < -0.4 is 0 Å². The van der Waals surface area contributed by atoms with Crippen LogP contribution in [-0.4, -0.2) is 86.3 Å². The molecule has 5 rings (SSSR count). The number of allylic oxidation sites excluding steroid dienone is 1. The van der Waals surface area contributed by atoms with Crippen LogP contribution in [0.3, 0.4) is 0 Å². The molecule has 4 fully saturated rings. The number of carbonyl (C=O) groups is 1. The highest BCUT2D eigenvalue weighted by molar-refractivity contribution is 5.95. The lowest BCUT2D eigenvalue weighted by Gasteiger charge is -2.60. The molecule has 13 unspecified atom stereocenters. The number of ether oxygens (including phenoxy) is 2. The molecule has 3 saturated carbocycles. The molecule has 0 bridgehead atoms. The van der Waals surface area contributed by atoms with Crippen molar-refractivity contribution in [2.24, 2.45) is 40.4 Å². The first-order chi connectivity index (χ1) is 18.1. The van der Waals surface area contributed by atoms with Crippen molar-refractivity contribution in [2.75, 3.05) is 13.2 Å². The first-order valence-electron chi connectivity index (χ1n) is 15.1. The first kappa shape index (κ1) is 29.6. The largest absolute Gasteiger partial charge is 0.396 e. The topological polar surface area (TPSA) is 137 Å². The van der Waals surface area contributed by atoms with E-state index in [-0.39, 0.29) is 48.4 Å². The monoisotopic (exact) mass is 550 g/mol. The lowest BCUT2D eigenvalue weighted by Crippen LogP contribution is -2.63. The number of rotatable bonds is 7. The zero-order chi connectivity index (χ0) is 28.7. The lowest BCUT2D eigenvalue weighted by atomic mass is 9.45. The van der Waals surface area contributed by atoms with E-state index in [0.29, 0.717) is 32.3 Å². The predicted octanol–water partition coefficient (Wildman–Crippen LogP) is 2.38. The Kier molecular flexibility index (Phi) is 7.48. The summed E-state index contributed by atoms with van der Waals surface area (Å²) in [6, 6.07) is 0. The van der Waals surface area contributed by atoms with E-state index in [1.807, 2.05) is 27.7 Å². The second-order valence-electron chi connectivity index (χ2n) is 14.5. The van der Waals surface area contributed by atoms with Gasteiger partial charge in [-0.15, -0.1) is 0 Å². The average molecular weight is 551 g/mol. The van der Waals surface area contributed by atoms with Crippen LogP contribution in [0.15, 0.2) is 11.6 Å². The maximum atomic E-state index is 13.6. The minimum Gasteiger partial charge on any atom is -0.396 e. The number of hydrogen-bond donors (Lipinski definition) is 5. The van der Waals surface area contributed by atoms with Gasteiger partial charge in [0.1, 0.15) is 6.10 Å². The molecule has 1 heterocycles. The van der Waals surface area contributed by atoms with E-state index in [1.165, 1.54) is 0 Å². The minimum absolute atomic E-state index is 0.0186. The molecule has 0 radical (unpaired) electrons. The third-order valence-electron chi connectivity index (χ3n) is 12.1. The standard InChI is InChI=1S/C31H50O8/c1-16(2)17(3)25(35)27-30(6,36)26-24(39-27)15-31(37)19-12-21(33)20-13-22(34)23(38-11-7-10-32)14-28(20,4)18(19)8-9-29(26,31)5/h12,16-18,20,22-27,32,34-37H,7-11,13-15H2,1-6H3. The van der Waals surface area contributed by atoms with Crippen molar-refractivity contribution in [1.82, 2.24) is 0 Å². The summed E-state index contributed by atoms with van der Waals surface area (Å²) in [5.41, 5.74) is -3.12. The summed E-state index contributed by atoms with van der Waals surface area (Å²) in [6.45, 7) is 12.3. The molecule has 222 valence electrons. The Balaban J connectivity index is 1.46. The fraction of sp³-hybridized carbons (Fsp3) is 0.903. The van der Waals surface area contributed by atoms with E-state index in [0.717, 1.165) is 12.0 Å². The van der Waals surface area contributed by atoms with Crippen LogP contribution in [0.25, 0.3) is 0 Å². The van der Waals surface area contributed by atoms with E-state index in [1.54, 1.807) is 13.0 Å². The zero-order valence-electron chi connectivity index (χ0n) is 24.5. The minimum atomic E-state index is -1.34. The van der Waals surface area contributed by atoms with Crippen molar-refractivity contribution >= 4 is 5.78 Å². The number of hydrogen-bond acceptors (Lipinski definition) is 8. The third-order valence-corrected chi connectivity index (χ3v) is 12.1. The number of aliphatic hydroxyl groups is 5. The Labute approximate surface area is 232 Å². The van der Waals surface area contributed by atoms with E-state index in [2.05, 4.69) is 6.92 Å². The van der Waals surface area contributed by atoms with Crippen LogP contribution in [0, 0.1) is 40.4 Å². The number of fused-ring (bicyclic) bond motifs is 7. The van der Waals surface area contributed by atoms with Gasteiger partial charge in [-0.2, -0.15) is 0 Å². The Morgan fingerprint density at radius 3 is 2.46 bits per heavy atom. The van der Waals surface area contributed by atoms with Gasteiger partial charge < -0.3 is 35.0 Å². The molecule has 1 aliphatic heterocycles. The molecule has 5 N–H and O–H groups in total. The Bertz CT molecular complexity index is 993. The van der Waals surface area contributed by atoms with Crippen molar-refractivity contribution in [3.8, 4) is 0 Å². The van der Waals surface area contributed by atoms with Crippen molar-refractivity contribution in [3.05, 3.63) is 11.6 Å². The summed E-state index contributed by atoms with van der Waals surface area (Å²) in [7, 11) is 0. The second kappa shape index (κ2) is 9.85. The van der Waals surface area contributed by atoms with Crippen LogP contribution in [0.1, 0.15) is 80.1 Å². The van der Waals surface area contributed by atoms with E-state index in [4.69, 9.17) is 14.6 Å². The first-order valence-corrected chi connectivity index (χ1v) is 15.1. The van der Waals surface area contributed by atoms with Gasteiger partial charge in [0.2, 0.25) is 0 Å². The van der Waals surface area contributed by atoms with Crippen LogP contribution >= 0.6 is 0 Å². The van der Waals surface area contributed by atoms with Crippen LogP contribution in [0.4, 0.5) is 0 Å². The van der Waals surface area contributed by atoms with Gasteiger partial charge in [-0.1, -0.05) is 34.6 Å². The van der Waals surface area contributed by atoms with Crippen molar-refractivity contribution in [1.29, 1.82) is 0 Å². The normalized spacial score (nSPS) is 50.6. The number of ketones is 1. The van der Waals surface area contributed by atoms with E-state index in [9.17, 15) is 25.2 Å². The molecule has 0 aromatic rings. The van der Waals surface area contributed by atoms with Crippen molar-refractivity contribution < 1.29 is 39.8 Å². The summed E-state index contributed by atoms with van der Waals surface area (Å²) in [5, 5.41) is 55.7. The number of carbonyl (C=O) groups excluding carboxylic acids is 1. The summed E-state index contributed by atoms with van der Waals surface area (Å²) < 4.78 is 12.4. The molecule has 39 heavy (non-hydrogen) atoms. The maximum absolute atomic E-state index is 13.6. The summed E-state index contributed by atoms with van der Waals surface area (Å²) in [4.78, 5) is 13.6. The Hall–Kier alpha value is -0.870. The highest BCUT2D eigenvalue weighted by Gasteiger charge is 2.75. The van der Waals surface area contributed by atoms with Crippen LogP contribution in [0.2, 0.25) is 0 Å². The quantitative estimate of drug-likeness (QED) is 0.305. The average Bonchev–Trinajstić information content (AvgIpc) is 3.26. The smallest absolute Gasteiger partial charge is 0.159 e. The molecular formula is C31H50O8. The molecule has 1 saturated heterocycles. The van der Waals surface area contributed by atoms with E-state index >= 15 is 0 Å². The molecule has 5 aliphatic rings. The summed E-state index contributed by atoms with van der Waals surface area (Å²) in [5.74, 6) is -0.685. The summed E-state index contributed by atoms with van der Waals surface area (Å²) >= 11 is 0. The molecule has 0 aromatic carbocycles. The molecule has 4 aliphatic carbocycles. The summed E-state index contributed by atoms with van der Waals surface area (Å²) in [6.07, 6.45) is 1.47. The second-order valence-corrected chi connectivity index (χ2v) is 14.5. The van der Waals surface area contributed by atoms with Crippen molar-refractivity contribution in [2.45, 2.75) is 122 Å². The zero-order valence-corrected chi connectivity index (χ0v) is 24.5. The SMILES string of the molecule is CC(C)C(C)C(O)C1OC2CC3(O)C4=CC(=O)C5CC(O)C(OCCCO)CC5(C)C4CCC3(C)C2C1(C)O. The van der Waals surface area contributed by atoms with E-state index < -0.39 is 52.6 Å². The molecule has 13 atom stereocenters. The van der Waals surface area contributed by atoms with Gasteiger partial charge in [0, 0.05) is 36.9 Å². The maximum Gasteiger partial charge on any atom is 0.159 e. The fourth-order valence-corrected chi connectivity index (χ4v) is 9.58. The van der Waals surface area contributed by atoms with Gasteiger partial charge in [0.15, 0.2) is 5.78 Å². The molecule has 0 spiro atoms. The molecule has 0 amide bonds. The Morgan fingerprint density at radius 1 is 1.13 bits per heavy atom. The van der Waals surface area contributed by atoms with Gasteiger partial charge in [-0.25, -0.2) is 0 Å². The third kappa shape index (κ3) is 4.15. The van der Waals surface area contributed by atoms with Gasteiger partial charge >= 0.3 is 0 Å². The van der Waals surface area contributed by atoms with Crippen LogP contribution in [0.5, 0.6) is 0 Å². The van der Waals surface area contributed by atoms with Gasteiger partial charge in [-0.05, 0) is 73.8 Å². The Morgan fingerprint density at radius 2 is 1.82 bits per heavy atom. The van der Waals surface area contributed by atoms with Crippen molar-refractivity contribution in [3.63, 3.8) is 0 Å². The molecule has 8 heteroatoms. The number of aliphatic hydroxyl groups excluding tert-OH is 3. The lowest BCUT2D eigenvalue weighted by molar-refractivity contribution is -0.178. The predicted molar refractivity (Wildman–Crippen MR) is 145 cm³/mol. The highest BCUT2D eigenvalue weighted by atomic mass is 16.5. The fourth-order valence-electron chi connectivity index (χ4n) is 9.58. The van der Waals surface area contributed by atoms with Gasteiger partial charge in [0.25, 0.3) is 0 Å². The van der Waals surface area contributed by atoms with Gasteiger partial charge in [0.05, 0.1) is 35.6 Å². The highest BCUT2D eigenvalue weighted by Crippen LogP contribution is 2.70.